The van der Waals surface area contributed by atoms with Crippen LogP contribution in [-0.4, -0.2) is 42.8 Å². The monoisotopic (exact) mass is 636 g/mol. The van der Waals surface area contributed by atoms with Crippen LogP contribution in [0.4, 0.5) is 5.69 Å². The Bertz CT molecular complexity index is 1360. The van der Waals surface area contributed by atoms with Gasteiger partial charge in [-0.25, -0.2) is 9.64 Å². The number of halogens is 1. The highest BCUT2D eigenvalue weighted by atomic mass is 79.9. The van der Waals surface area contributed by atoms with Crippen molar-refractivity contribution in [3.8, 4) is 17.6 Å². The standard InChI is InChI=1S/C34H41BrN2O5/c1-32(2,3)42-28(38)22-40-20-12-10-9-11-13-23-14-16-24(17-15-23)29(39)37-30-33(4,5)31(34(30,6)7)41-25-18-19-27(36-8)26(35)21-25/h14-19,21,30-31H,9-10,12,20,22H2,1-7H3,(H,37,39). The summed E-state index contributed by atoms with van der Waals surface area (Å²) >= 11 is 3.43. The maximum absolute atomic E-state index is 13.1. The molecule has 2 aromatic rings. The number of carbonyl (C=O) groups excluding carboxylic acids is 2. The van der Waals surface area contributed by atoms with Crippen LogP contribution >= 0.6 is 15.9 Å². The van der Waals surface area contributed by atoms with Gasteiger partial charge in [-0.1, -0.05) is 61.5 Å². The van der Waals surface area contributed by atoms with E-state index >= 15 is 0 Å². The van der Waals surface area contributed by atoms with Gasteiger partial charge >= 0.3 is 5.97 Å². The van der Waals surface area contributed by atoms with E-state index in [4.69, 9.17) is 20.8 Å². The fourth-order valence-electron chi connectivity index (χ4n) is 5.62. The number of carbonyl (C=O) groups is 2. The lowest BCUT2D eigenvalue weighted by Crippen LogP contribution is -2.74. The van der Waals surface area contributed by atoms with Crippen molar-refractivity contribution in [3.63, 3.8) is 0 Å². The SMILES string of the molecule is [C-]#[N+]c1ccc(OC2C(C)(C)C(NC(=O)c3ccc(C#CCCCCOCC(=O)OC(C)(C)C)cc3)C2(C)C)cc1Br. The van der Waals surface area contributed by atoms with Crippen LogP contribution in [0.3, 0.4) is 0 Å². The Morgan fingerprint density at radius 3 is 2.31 bits per heavy atom. The zero-order chi connectivity index (χ0) is 31.1. The third-order valence-electron chi connectivity index (χ3n) is 7.27. The van der Waals surface area contributed by atoms with E-state index in [1.54, 1.807) is 18.2 Å². The van der Waals surface area contributed by atoms with Gasteiger partial charge in [0.05, 0.1) is 6.57 Å². The highest BCUT2D eigenvalue weighted by Gasteiger charge is 2.64. The molecular formula is C34H41BrN2O5. The number of benzene rings is 2. The predicted octanol–water partition coefficient (Wildman–Crippen LogP) is 7.49. The summed E-state index contributed by atoms with van der Waals surface area (Å²) in [5, 5.41) is 3.23. The third kappa shape index (κ3) is 8.60. The Morgan fingerprint density at radius 1 is 1.05 bits per heavy atom. The number of hydrogen-bond donors (Lipinski definition) is 1. The molecule has 0 aromatic heterocycles. The average molecular weight is 638 g/mol. The summed E-state index contributed by atoms with van der Waals surface area (Å²) in [6.45, 7) is 21.6. The molecule has 0 saturated heterocycles. The Balaban J connectivity index is 1.46. The van der Waals surface area contributed by atoms with Crippen LogP contribution < -0.4 is 10.1 Å². The van der Waals surface area contributed by atoms with Crippen molar-refractivity contribution in [2.45, 2.75) is 85.5 Å². The van der Waals surface area contributed by atoms with Crippen molar-refractivity contribution in [2.75, 3.05) is 13.2 Å². The summed E-state index contributed by atoms with van der Waals surface area (Å²) in [7, 11) is 0. The van der Waals surface area contributed by atoms with E-state index in [1.165, 1.54) is 0 Å². The Labute approximate surface area is 258 Å². The number of unbranched alkanes of at least 4 members (excludes halogenated alkanes) is 2. The third-order valence-corrected chi connectivity index (χ3v) is 7.90. The van der Waals surface area contributed by atoms with Gasteiger partial charge in [-0.3, -0.25) is 4.79 Å². The van der Waals surface area contributed by atoms with Gasteiger partial charge in [-0.15, -0.1) is 0 Å². The highest BCUT2D eigenvalue weighted by Crippen LogP contribution is 2.55. The normalized spacial score (nSPS) is 18.5. The highest BCUT2D eigenvalue weighted by molar-refractivity contribution is 9.10. The van der Waals surface area contributed by atoms with Crippen molar-refractivity contribution in [3.05, 3.63) is 69.5 Å². The van der Waals surface area contributed by atoms with Gasteiger partial charge < -0.3 is 19.5 Å². The Hall–Kier alpha value is -3.33. The first-order valence-electron chi connectivity index (χ1n) is 14.2. The molecule has 1 aliphatic carbocycles. The molecule has 7 nitrogen and oxygen atoms in total. The number of amides is 1. The van der Waals surface area contributed by atoms with Gasteiger partial charge in [0.15, 0.2) is 0 Å². The maximum atomic E-state index is 13.1. The van der Waals surface area contributed by atoms with E-state index in [0.29, 0.717) is 34.5 Å². The molecule has 1 amide bonds. The van der Waals surface area contributed by atoms with E-state index in [9.17, 15) is 9.59 Å². The largest absolute Gasteiger partial charge is 0.489 e. The molecule has 0 unspecified atom stereocenters. The minimum Gasteiger partial charge on any atom is -0.489 e. The molecule has 1 fully saturated rings. The summed E-state index contributed by atoms with van der Waals surface area (Å²) in [6, 6.07) is 12.6. The van der Waals surface area contributed by atoms with E-state index in [2.05, 4.69) is 65.6 Å². The number of ether oxygens (including phenoxy) is 3. The number of hydrogen-bond acceptors (Lipinski definition) is 5. The lowest BCUT2D eigenvalue weighted by atomic mass is 9.49. The van der Waals surface area contributed by atoms with Crippen molar-refractivity contribution < 1.29 is 23.8 Å². The molecule has 0 radical (unpaired) electrons. The molecule has 0 bridgehead atoms. The number of nitrogens with one attached hydrogen (secondary N) is 1. The van der Waals surface area contributed by atoms with E-state index in [1.807, 2.05) is 45.0 Å². The first-order chi connectivity index (χ1) is 19.6. The van der Waals surface area contributed by atoms with Crippen LogP contribution in [0.1, 0.15) is 83.7 Å². The molecule has 1 aliphatic rings. The van der Waals surface area contributed by atoms with Gasteiger partial charge in [0.1, 0.15) is 24.1 Å². The first-order valence-corrected chi connectivity index (χ1v) is 15.0. The molecule has 3 rings (SSSR count). The van der Waals surface area contributed by atoms with Crippen molar-refractivity contribution in [1.82, 2.24) is 5.32 Å². The molecule has 2 aromatic carbocycles. The Kier molecular flexibility index (Phi) is 10.9. The molecule has 224 valence electrons. The topological polar surface area (TPSA) is 78.2 Å². The second kappa shape index (κ2) is 13.8. The molecule has 0 heterocycles. The molecule has 0 aliphatic heterocycles. The average Bonchev–Trinajstić information content (AvgIpc) is 2.90. The minimum absolute atomic E-state index is 0.0372. The fourth-order valence-corrected chi connectivity index (χ4v) is 6.06. The zero-order valence-electron chi connectivity index (χ0n) is 25.6. The van der Waals surface area contributed by atoms with Gasteiger partial charge in [0, 0.05) is 45.5 Å². The molecule has 0 spiro atoms. The molecule has 1 saturated carbocycles. The summed E-state index contributed by atoms with van der Waals surface area (Å²) in [5.74, 6) is 6.50. The molecule has 8 heteroatoms. The second-order valence-corrected chi connectivity index (χ2v) is 13.6. The summed E-state index contributed by atoms with van der Waals surface area (Å²) in [4.78, 5) is 28.3. The molecule has 1 N–H and O–H groups in total. The van der Waals surface area contributed by atoms with Crippen LogP contribution in [0, 0.1) is 29.2 Å². The maximum Gasteiger partial charge on any atom is 0.332 e. The van der Waals surface area contributed by atoms with Crippen LogP contribution in [-0.2, 0) is 14.3 Å². The first kappa shape index (κ1) is 33.2. The van der Waals surface area contributed by atoms with E-state index in [0.717, 1.165) is 18.4 Å². The van der Waals surface area contributed by atoms with Crippen molar-refractivity contribution in [1.29, 1.82) is 0 Å². The second-order valence-electron chi connectivity index (χ2n) is 12.7. The van der Waals surface area contributed by atoms with Gasteiger partial charge in [-0.2, -0.15) is 0 Å². The van der Waals surface area contributed by atoms with Crippen molar-refractivity contribution in [2.24, 2.45) is 10.8 Å². The summed E-state index contributed by atoms with van der Waals surface area (Å²) in [6.07, 6.45) is 2.26. The number of nitrogens with zero attached hydrogens (tertiary/aromatic N) is 1. The predicted molar refractivity (Wildman–Crippen MR) is 167 cm³/mol. The number of esters is 1. The van der Waals surface area contributed by atoms with Crippen LogP contribution in [0.15, 0.2) is 46.9 Å². The van der Waals surface area contributed by atoms with Crippen LogP contribution in [0.2, 0.25) is 0 Å². The van der Waals surface area contributed by atoms with Crippen molar-refractivity contribution >= 4 is 33.5 Å². The number of rotatable bonds is 10. The molecule has 0 atom stereocenters. The molecular weight excluding hydrogens is 596 g/mol. The quantitative estimate of drug-likeness (QED) is 0.126. The lowest BCUT2D eigenvalue weighted by Gasteiger charge is -2.63. The van der Waals surface area contributed by atoms with Crippen LogP contribution in [0.25, 0.3) is 4.85 Å². The minimum atomic E-state index is -0.505. The van der Waals surface area contributed by atoms with Gasteiger partial charge in [0.25, 0.3) is 5.91 Å². The molecule has 42 heavy (non-hydrogen) atoms. The Morgan fingerprint density at radius 2 is 1.71 bits per heavy atom. The summed E-state index contributed by atoms with van der Waals surface area (Å²) in [5.41, 5.74) is 0.843. The van der Waals surface area contributed by atoms with Gasteiger partial charge in [-0.05, 0) is 70.0 Å². The van der Waals surface area contributed by atoms with E-state index < -0.39 is 5.60 Å². The zero-order valence-corrected chi connectivity index (χ0v) is 27.2. The van der Waals surface area contributed by atoms with E-state index in [-0.39, 0.29) is 41.5 Å². The summed E-state index contributed by atoms with van der Waals surface area (Å²) < 4.78 is 17.7. The van der Waals surface area contributed by atoms with Crippen LogP contribution in [0.5, 0.6) is 5.75 Å². The van der Waals surface area contributed by atoms with Gasteiger partial charge in [0.2, 0.25) is 5.69 Å². The lowest BCUT2D eigenvalue weighted by molar-refractivity contribution is -0.164. The fraction of sp³-hybridized carbons (Fsp3) is 0.500. The smallest absolute Gasteiger partial charge is 0.332 e.